The lowest BCUT2D eigenvalue weighted by atomic mass is 9.96. The summed E-state index contributed by atoms with van der Waals surface area (Å²) in [4.78, 5) is 31.0. The Hall–Kier alpha value is -3.65. The Morgan fingerprint density at radius 2 is 1.94 bits per heavy atom. The third-order valence-electron chi connectivity index (χ3n) is 5.04. The molecule has 158 valence electrons. The third kappa shape index (κ3) is 3.66. The maximum absolute atomic E-state index is 13.4. The minimum atomic E-state index is -0.638. The number of hydrogen-bond donors (Lipinski definition) is 1. The summed E-state index contributed by atoms with van der Waals surface area (Å²) in [5.41, 5.74) is 2.06. The summed E-state index contributed by atoms with van der Waals surface area (Å²) in [7, 11) is 2.78. The molecule has 0 amide bonds. The van der Waals surface area contributed by atoms with Crippen LogP contribution in [0, 0.1) is 0 Å². The SMILES string of the molecule is COC(=O)C1=C(C)N=c2s/c(=C/c3ccc(O)c(OC)c3)c(=O)n2[C@H]1c1ccccc1. The van der Waals surface area contributed by atoms with Crippen LogP contribution in [0.15, 0.2) is 69.6 Å². The van der Waals surface area contributed by atoms with E-state index in [-0.39, 0.29) is 11.3 Å². The molecule has 1 N–H and O–H groups in total. The summed E-state index contributed by atoms with van der Waals surface area (Å²) in [6.07, 6.45) is 1.71. The molecule has 1 aromatic heterocycles. The quantitative estimate of drug-likeness (QED) is 0.633. The van der Waals surface area contributed by atoms with Gasteiger partial charge in [0, 0.05) is 0 Å². The number of carbonyl (C=O) groups is 1. The number of rotatable bonds is 4. The van der Waals surface area contributed by atoms with Gasteiger partial charge >= 0.3 is 5.97 Å². The number of phenols is 1. The molecule has 2 aromatic carbocycles. The first-order chi connectivity index (χ1) is 14.9. The molecule has 0 spiro atoms. The highest BCUT2D eigenvalue weighted by Crippen LogP contribution is 2.30. The van der Waals surface area contributed by atoms with Crippen molar-refractivity contribution in [2.24, 2.45) is 4.99 Å². The monoisotopic (exact) mass is 436 g/mol. The van der Waals surface area contributed by atoms with Crippen molar-refractivity contribution in [2.75, 3.05) is 14.2 Å². The molecule has 0 fully saturated rings. The molecule has 7 nitrogen and oxygen atoms in total. The number of esters is 1. The number of aromatic nitrogens is 1. The van der Waals surface area contributed by atoms with Crippen LogP contribution >= 0.6 is 11.3 Å². The Balaban J connectivity index is 1.95. The Labute approximate surface area is 181 Å². The molecular weight excluding hydrogens is 416 g/mol. The van der Waals surface area contributed by atoms with Gasteiger partial charge in [0.15, 0.2) is 16.3 Å². The van der Waals surface area contributed by atoms with Crippen molar-refractivity contribution < 1.29 is 19.4 Å². The number of ether oxygens (including phenoxy) is 2. The zero-order chi connectivity index (χ0) is 22.1. The van der Waals surface area contributed by atoms with Gasteiger partial charge in [0.2, 0.25) is 0 Å². The van der Waals surface area contributed by atoms with Crippen LogP contribution in [0.3, 0.4) is 0 Å². The number of hydrogen-bond acceptors (Lipinski definition) is 7. The molecular formula is C23H20N2O5S. The maximum atomic E-state index is 13.4. The highest BCUT2D eigenvalue weighted by molar-refractivity contribution is 7.07. The number of thiazole rings is 1. The summed E-state index contributed by atoms with van der Waals surface area (Å²) >= 11 is 1.24. The zero-order valence-electron chi connectivity index (χ0n) is 17.2. The number of benzene rings is 2. The summed E-state index contributed by atoms with van der Waals surface area (Å²) in [6.45, 7) is 1.74. The molecule has 3 aromatic rings. The fourth-order valence-electron chi connectivity index (χ4n) is 3.58. The van der Waals surface area contributed by atoms with Crippen LogP contribution in [0.1, 0.15) is 24.1 Å². The Morgan fingerprint density at radius 1 is 1.19 bits per heavy atom. The summed E-state index contributed by atoms with van der Waals surface area (Å²) in [5, 5.41) is 9.82. The van der Waals surface area contributed by atoms with E-state index in [0.717, 1.165) is 5.56 Å². The van der Waals surface area contributed by atoms with E-state index in [0.29, 0.717) is 31.9 Å². The lowest BCUT2D eigenvalue weighted by Crippen LogP contribution is -2.39. The molecule has 0 unspecified atom stereocenters. The van der Waals surface area contributed by atoms with E-state index in [1.807, 2.05) is 30.3 Å². The maximum Gasteiger partial charge on any atom is 0.338 e. The van der Waals surface area contributed by atoms with Crippen LogP contribution in [-0.2, 0) is 9.53 Å². The van der Waals surface area contributed by atoms with Gasteiger partial charge in [-0.15, -0.1) is 0 Å². The number of carbonyl (C=O) groups excluding carboxylic acids is 1. The first-order valence-electron chi connectivity index (χ1n) is 9.47. The highest BCUT2D eigenvalue weighted by Gasteiger charge is 2.32. The Bertz CT molecular complexity index is 1370. The fourth-order valence-corrected chi connectivity index (χ4v) is 4.63. The summed E-state index contributed by atoms with van der Waals surface area (Å²) in [5.74, 6) is -0.191. The fraction of sp³-hybridized carbons (Fsp3) is 0.174. The lowest BCUT2D eigenvalue weighted by Gasteiger charge is -2.24. The van der Waals surface area contributed by atoms with Crippen LogP contribution in [0.2, 0.25) is 0 Å². The molecule has 0 aliphatic carbocycles. The smallest absolute Gasteiger partial charge is 0.338 e. The molecule has 0 radical (unpaired) electrons. The summed E-state index contributed by atoms with van der Waals surface area (Å²) in [6, 6.07) is 13.5. The molecule has 0 saturated heterocycles. The van der Waals surface area contributed by atoms with Crippen LogP contribution in [-0.4, -0.2) is 29.9 Å². The van der Waals surface area contributed by atoms with Gasteiger partial charge in [0.25, 0.3) is 5.56 Å². The lowest BCUT2D eigenvalue weighted by molar-refractivity contribution is -0.136. The molecule has 0 bridgehead atoms. The van der Waals surface area contributed by atoms with Gasteiger partial charge in [0.1, 0.15) is 0 Å². The molecule has 1 aliphatic heterocycles. The second-order valence-corrected chi connectivity index (χ2v) is 7.92. The van der Waals surface area contributed by atoms with Crippen molar-refractivity contribution in [2.45, 2.75) is 13.0 Å². The van der Waals surface area contributed by atoms with E-state index >= 15 is 0 Å². The number of allylic oxidation sites excluding steroid dienone is 1. The van der Waals surface area contributed by atoms with Crippen LogP contribution in [0.4, 0.5) is 0 Å². The van der Waals surface area contributed by atoms with Crippen molar-refractivity contribution in [3.8, 4) is 11.5 Å². The van der Waals surface area contributed by atoms with Gasteiger partial charge in [-0.05, 0) is 36.3 Å². The molecule has 1 atom stereocenters. The average Bonchev–Trinajstić information content (AvgIpc) is 3.08. The third-order valence-corrected chi connectivity index (χ3v) is 6.03. The molecule has 8 heteroatoms. The van der Waals surface area contributed by atoms with Crippen molar-refractivity contribution >= 4 is 23.4 Å². The highest BCUT2D eigenvalue weighted by atomic mass is 32.1. The minimum Gasteiger partial charge on any atom is -0.504 e. The van der Waals surface area contributed by atoms with Gasteiger partial charge in [-0.3, -0.25) is 9.36 Å². The number of methoxy groups -OCH3 is 2. The van der Waals surface area contributed by atoms with Crippen LogP contribution in [0.25, 0.3) is 6.08 Å². The second-order valence-electron chi connectivity index (χ2n) is 6.92. The molecule has 4 rings (SSSR count). The topological polar surface area (TPSA) is 90.1 Å². The predicted octanol–water partition coefficient (Wildman–Crippen LogP) is 2.12. The van der Waals surface area contributed by atoms with Crippen molar-refractivity contribution in [3.05, 3.63) is 90.6 Å². The van der Waals surface area contributed by atoms with Crippen LogP contribution < -0.4 is 19.6 Å². The van der Waals surface area contributed by atoms with E-state index in [9.17, 15) is 14.7 Å². The van der Waals surface area contributed by atoms with E-state index in [4.69, 9.17) is 9.47 Å². The predicted molar refractivity (Wildman–Crippen MR) is 117 cm³/mol. The van der Waals surface area contributed by atoms with E-state index in [2.05, 4.69) is 4.99 Å². The average molecular weight is 436 g/mol. The van der Waals surface area contributed by atoms with Crippen molar-refractivity contribution in [3.63, 3.8) is 0 Å². The van der Waals surface area contributed by atoms with Crippen molar-refractivity contribution in [1.82, 2.24) is 4.57 Å². The van der Waals surface area contributed by atoms with Crippen LogP contribution in [0.5, 0.6) is 11.5 Å². The molecule has 2 heterocycles. The molecule has 31 heavy (non-hydrogen) atoms. The Kier molecular flexibility index (Phi) is 5.48. The van der Waals surface area contributed by atoms with E-state index in [1.54, 1.807) is 25.1 Å². The van der Waals surface area contributed by atoms with Gasteiger partial charge in [-0.2, -0.15) is 0 Å². The minimum absolute atomic E-state index is 0.0172. The number of aromatic hydroxyl groups is 1. The second kappa shape index (κ2) is 8.23. The molecule has 1 aliphatic rings. The van der Waals surface area contributed by atoms with Crippen molar-refractivity contribution in [1.29, 1.82) is 0 Å². The molecule has 0 saturated carbocycles. The van der Waals surface area contributed by atoms with Gasteiger partial charge < -0.3 is 14.6 Å². The van der Waals surface area contributed by atoms with Gasteiger partial charge in [-0.25, -0.2) is 9.79 Å². The van der Waals surface area contributed by atoms with Gasteiger partial charge in [-0.1, -0.05) is 47.7 Å². The van der Waals surface area contributed by atoms with Gasteiger partial charge in [0.05, 0.1) is 36.1 Å². The number of phenolic OH excluding ortho intramolecular Hbond substituents is 1. The number of fused-ring (bicyclic) bond motifs is 1. The van der Waals surface area contributed by atoms with E-state index < -0.39 is 12.0 Å². The zero-order valence-corrected chi connectivity index (χ0v) is 18.0. The largest absolute Gasteiger partial charge is 0.504 e. The first-order valence-corrected chi connectivity index (χ1v) is 10.3. The standard InChI is InChI=1S/C23H20N2O5S/c1-13-19(22(28)30-3)20(15-7-5-4-6-8-15)25-21(27)18(31-23(25)24-13)12-14-9-10-16(26)17(11-14)29-2/h4-12,20,26H,1-3H3/b18-12+/t20-/m0/s1. The number of nitrogens with zero attached hydrogens (tertiary/aromatic N) is 2. The first kappa shape index (κ1) is 20.6. The Morgan fingerprint density at radius 3 is 2.61 bits per heavy atom. The summed E-state index contributed by atoms with van der Waals surface area (Å²) < 4.78 is 12.1. The normalized spacial score (nSPS) is 16.0. The van der Waals surface area contributed by atoms with E-state index in [1.165, 1.54) is 36.2 Å².